The number of hydrogen-bond acceptors (Lipinski definition) is 5. The smallest absolute Gasteiger partial charge is 0.347 e. The molecule has 0 atom stereocenters. The van der Waals surface area contributed by atoms with Crippen LogP contribution in [-0.4, -0.2) is 25.2 Å². The molecule has 0 heterocycles. The monoisotopic (exact) mass is 269 g/mol. The second-order valence-corrected chi connectivity index (χ2v) is 4.24. The van der Waals surface area contributed by atoms with Gasteiger partial charge in [-0.15, -0.1) is 0 Å². The highest BCUT2D eigenvalue weighted by Gasteiger charge is 2.20. The lowest BCUT2D eigenvalue weighted by Gasteiger charge is -2.08. The first-order valence-electron chi connectivity index (χ1n) is 6.41. The standard InChI is InChI=1S/C14H23NO4/c1-6-18-13(16)12(14(17)19-7-2)9-15-11(5)8-10(3)4/h8-10,15H,6-7H2,1-5H3/b11-8+. The molecule has 0 unspecified atom stereocenters. The van der Waals surface area contributed by atoms with Crippen LogP contribution < -0.4 is 5.32 Å². The molecule has 0 fully saturated rings. The van der Waals surface area contributed by atoms with Gasteiger partial charge in [0.2, 0.25) is 0 Å². The van der Waals surface area contributed by atoms with Gasteiger partial charge in [0.1, 0.15) is 0 Å². The van der Waals surface area contributed by atoms with Crippen LogP contribution in [-0.2, 0) is 19.1 Å². The van der Waals surface area contributed by atoms with Crippen molar-refractivity contribution in [3.8, 4) is 0 Å². The molecule has 0 rings (SSSR count). The van der Waals surface area contributed by atoms with Crippen LogP contribution >= 0.6 is 0 Å². The minimum absolute atomic E-state index is 0.139. The Bertz CT molecular complexity index is 350. The van der Waals surface area contributed by atoms with Crippen molar-refractivity contribution in [3.05, 3.63) is 23.5 Å². The second-order valence-electron chi connectivity index (χ2n) is 4.24. The quantitative estimate of drug-likeness (QED) is 0.332. The fourth-order valence-corrected chi connectivity index (χ4v) is 1.35. The summed E-state index contributed by atoms with van der Waals surface area (Å²) in [6, 6.07) is 0. The maximum atomic E-state index is 11.6. The van der Waals surface area contributed by atoms with E-state index < -0.39 is 11.9 Å². The van der Waals surface area contributed by atoms with Crippen molar-refractivity contribution in [2.24, 2.45) is 5.92 Å². The molecule has 0 bridgehead atoms. The number of ether oxygens (including phenoxy) is 2. The Kier molecular flexibility index (Phi) is 8.33. The van der Waals surface area contributed by atoms with Crippen molar-refractivity contribution in [1.29, 1.82) is 0 Å². The summed E-state index contributed by atoms with van der Waals surface area (Å²) >= 11 is 0. The molecule has 0 aliphatic carbocycles. The Labute approximate surface area is 114 Å². The van der Waals surface area contributed by atoms with Crippen LogP contribution in [0, 0.1) is 5.92 Å². The molecule has 0 saturated carbocycles. The molecule has 0 aliphatic heterocycles. The molecule has 0 spiro atoms. The van der Waals surface area contributed by atoms with E-state index in [0.29, 0.717) is 5.92 Å². The summed E-state index contributed by atoms with van der Waals surface area (Å²) in [5, 5.41) is 2.89. The Hall–Kier alpha value is -1.78. The van der Waals surface area contributed by atoms with Gasteiger partial charge >= 0.3 is 11.9 Å². The van der Waals surface area contributed by atoms with E-state index in [9.17, 15) is 9.59 Å². The van der Waals surface area contributed by atoms with Gasteiger partial charge in [-0.3, -0.25) is 0 Å². The number of carbonyl (C=O) groups excluding carboxylic acids is 2. The first-order valence-corrected chi connectivity index (χ1v) is 6.41. The molecule has 108 valence electrons. The zero-order valence-corrected chi connectivity index (χ0v) is 12.3. The average molecular weight is 269 g/mol. The summed E-state index contributed by atoms with van der Waals surface area (Å²) in [6.07, 6.45) is 3.30. The molecule has 5 nitrogen and oxygen atoms in total. The van der Waals surface area contributed by atoms with Gasteiger partial charge in [-0.1, -0.05) is 19.9 Å². The first kappa shape index (κ1) is 17.2. The van der Waals surface area contributed by atoms with Crippen LogP contribution in [0.3, 0.4) is 0 Å². The third kappa shape index (κ3) is 7.28. The second kappa shape index (κ2) is 9.19. The van der Waals surface area contributed by atoms with Gasteiger partial charge in [0, 0.05) is 11.9 Å². The zero-order valence-electron chi connectivity index (χ0n) is 12.3. The van der Waals surface area contributed by atoms with Crippen molar-refractivity contribution in [1.82, 2.24) is 5.32 Å². The molecule has 0 saturated heterocycles. The normalized spacial score (nSPS) is 10.9. The minimum Gasteiger partial charge on any atom is -0.462 e. The van der Waals surface area contributed by atoms with E-state index in [2.05, 4.69) is 5.32 Å². The molecular formula is C14H23NO4. The van der Waals surface area contributed by atoms with Gasteiger partial charge in [-0.05, 0) is 26.7 Å². The fraction of sp³-hybridized carbons (Fsp3) is 0.571. The highest BCUT2D eigenvalue weighted by molar-refractivity contribution is 6.13. The van der Waals surface area contributed by atoms with Gasteiger partial charge < -0.3 is 14.8 Å². The van der Waals surface area contributed by atoms with E-state index >= 15 is 0 Å². The van der Waals surface area contributed by atoms with Crippen molar-refractivity contribution >= 4 is 11.9 Å². The van der Waals surface area contributed by atoms with E-state index in [1.54, 1.807) is 13.8 Å². The van der Waals surface area contributed by atoms with E-state index in [1.807, 2.05) is 26.8 Å². The highest BCUT2D eigenvalue weighted by Crippen LogP contribution is 2.03. The zero-order chi connectivity index (χ0) is 14.8. The van der Waals surface area contributed by atoms with E-state index in [1.165, 1.54) is 6.20 Å². The Morgan fingerprint density at radius 1 is 1.11 bits per heavy atom. The van der Waals surface area contributed by atoms with Crippen LogP contribution in [0.5, 0.6) is 0 Å². The number of hydrogen-bond donors (Lipinski definition) is 1. The maximum Gasteiger partial charge on any atom is 0.347 e. The van der Waals surface area contributed by atoms with Crippen molar-refractivity contribution < 1.29 is 19.1 Å². The predicted octanol–water partition coefficient (Wildman–Crippen LogP) is 2.15. The van der Waals surface area contributed by atoms with Crippen LogP contribution in [0.4, 0.5) is 0 Å². The molecule has 0 radical (unpaired) electrons. The number of nitrogens with one attached hydrogen (secondary N) is 1. The van der Waals surface area contributed by atoms with Crippen LogP contribution in [0.2, 0.25) is 0 Å². The molecule has 0 aliphatic rings. The first-order chi connectivity index (χ1) is 8.92. The lowest BCUT2D eigenvalue weighted by molar-refractivity contribution is -0.146. The van der Waals surface area contributed by atoms with Crippen molar-refractivity contribution in [2.75, 3.05) is 13.2 Å². The van der Waals surface area contributed by atoms with Crippen LogP contribution in [0.15, 0.2) is 23.5 Å². The summed E-state index contributed by atoms with van der Waals surface area (Å²) in [6.45, 7) is 9.69. The van der Waals surface area contributed by atoms with E-state index in [0.717, 1.165) is 5.70 Å². The fourth-order valence-electron chi connectivity index (χ4n) is 1.35. The molecule has 0 aromatic carbocycles. The molecule has 0 aromatic rings. The molecule has 1 N–H and O–H groups in total. The molecular weight excluding hydrogens is 246 g/mol. The number of carbonyl (C=O) groups is 2. The molecule has 0 amide bonds. The predicted molar refractivity (Wildman–Crippen MR) is 73.1 cm³/mol. The summed E-state index contributed by atoms with van der Waals surface area (Å²) in [4.78, 5) is 23.3. The van der Waals surface area contributed by atoms with Gasteiger partial charge in [0.15, 0.2) is 5.57 Å². The number of rotatable bonds is 7. The highest BCUT2D eigenvalue weighted by atomic mass is 16.6. The summed E-state index contributed by atoms with van der Waals surface area (Å²) in [5.41, 5.74) is 0.710. The minimum atomic E-state index is -0.689. The topological polar surface area (TPSA) is 64.6 Å². The SMILES string of the molecule is CCOC(=O)C(=CN/C(C)=C/C(C)C)C(=O)OCC. The van der Waals surface area contributed by atoms with Gasteiger partial charge in [-0.25, -0.2) is 9.59 Å². The lowest BCUT2D eigenvalue weighted by atomic mass is 10.2. The number of allylic oxidation sites excluding steroid dienone is 2. The van der Waals surface area contributed by atoms with Gasteiger partial charge in [0.05, 0.1) is 13.2 Å². The Morgan fingerprint density at radius 2 is 1.58 bits per heavy atom. The van der Waals surface area contributed by atoms with Crippen molar-refractivity contribution in [3.63, 3.8) is 0 Å². The van der Waals surface area contributed by atoms with Crippen LogP contribution in [0.25, 0.3) is 0 Å². The number of esters is 2. The largest absolute Gasteiger partial charge is 0.462 e. The third-order valence-corrected chi connectivity index (χ3v) is 2.02. The molecule has 19 heavy (non-hydrogen) atoms. The van der Waals surface area contributed by atoms with Gasteiger partial charge in [0.25, 0.3) is 0 Å². The Balaban J connectivity index is 4.92. The average Bonchev–Trinajstić information content (AvgIpc) is 2.28. The molecule has 0 aromatic heterocycles. The summed E-state index contributed by atoms with van der Waals surface area (Å²) in [5.74, 6) is -1.01. The third-order valence-electron chi connectivity index (χ3n) is 2.02. The van der Waals surface area contributed by atoms with E-state index in [4.69, 9.17) is 9.47 Å². The Morgan fingerprint density at radius 3 is 1.95 bits per heavy atom. The van der Waals surface area contributed by atoms with Crippen LogP contribution in [0.1, 0.15) is 34.6 Å². The van der Waals surface area contributed by atoms with Crippen molar-refractivity contribution in [2.45, 2.75) is 34.6 Å². The molecule has 5 heteroatoms. The summed E-state index contributed by atoms with van der Waals surface area (Å²) in [7, 11) is 0. The summed E-state index contributed by atoms with van der Waals surface area (Å²) < 4.78 is 9.63. The maximum absolute atomic E-state index is 11.6. The lowest BCUT2D eigenvalue weighted by Crippen LogP contribution is -2.21. The van der Waals surface area contributed by atoms with Gasteiger partial charge in [-0.2, -0.15) is 0 Å². The van der Waals surface area contributed by atoms with E-state index in [-0.39, 0.29) is 18.8 Å².